The molecule has 1 N–H and O–H groups in total. The number of aliphatic hydroxyl groups is 1. The average Bonchev–Trinajstić information content (AvgIpc) is 2.41. The van der Waals surface area contributed by atoms with E-state index in [0.717, 1.165) is 6.42 Å². The number of likely N-dealkylation sites (tertiary alicyclic amines) is 1. The second kappa shape index (κ2) is 4.58. The Labute approximate surface area is 78.5 Å². The zero-order valence-electron chi connectivity index (χ0n) is 8.19. The second-order valence-corrected chi connectivity index (χ2v) is 3.42. The van der Waals surface area contributed by atoms with Crippen molar-refractivity contribution in [3.8, 4) is 0 Å². The number of rotatable bonds is 4. The van der Waals surface area contributed by atoms with Crippen molar-refractivity contribution in [1.82, 2.24) is 4.90 Å². The molecular weight excluding hydrogens is 170 g/mol. The Bertz CT molecular complexity index is 184. The van der Waals surface area contributed by atoms with E-state index in [1.165, 1.54) is 0 Å². The maximum atomic E-state index is 11.4. The summed E-state index contributed by atoms with van der Waals surface area (Å²) in [6, 6.07) is 0.120. The van der Waals surface area contributed by atoms with Gasteiger partial charge in [0.15, 0.2) is 0 Å². The van der Waals surface area contributed by atoms with Crippen molar-refractivity contribution in [3.63, 3.8) is 0 Å². The lowest BCUT2D eigenvalue weighted by molar-refractivity contribution is -0.130. The predicted molar refractivity (Wildman–Crippen MR) is 48.3 cm³/mol. The summed E-state index contributed by atoms with van der Waals surface area (Å²) in [6.45, 7) is 3.03. The smallest absolute Gasteiger partial charge is 0.225 e. The van der Waals surface area contributed by atoms with E-state index in [2.05, 4.69) is 0 Å². The van der Waals surface area contributed by atoms with Gasteiger partial charge in [-0.2, -0.15) is 0 Å². The van der Waals surface area contributed by atoms with E-state index in [1.807, 2.05) is 6.92 Å². The van der Waals surface area contributed by atoms with Crippen molar-refractivity contribution in [1.29, 1.82) is 0 Å². The van der Waals surface area contributed by atoms with Gasteiger partial charge in [0.25, 0.3) is 0 Å². The molecule has 0 aromatic heterocycles. The number of β-amino-alcohol motifs (C(OH)–C–C–N with tert-alkyl or cyclic N) is 1. The molecule has 0 aliphatic carbocycles. The normalized spacial score (nSPS) is 25.3. The molecule has 0 aromatic carbocycles. The molecule has 76 valence electrons. The monoisotopic (exact) mass is 187 g/mol. The van der Waals surface area contributed by atoms with E-state index in [-0.39, 0.29) is 18.4 Å². The van der Waals surface area contributed by atoms with E-state index >= 15 is 0 Å². The van der Waals surface area contributed by atoms with Crippen LogP contribution < -0.4 is 0 Å². The standard InChI is InChI=1S/C9H17NO3/c1-3-7(6-13-2)10-5-8(11)4-9(10)12/h7-8,11H,3-6H2,1-2H3. The van der Waals surface area contributed by atoms with E-state index in [4.69, 9.17) is 4.74 Å². The average molecular weight is 187 g/mol. The van der Waals surface area contributed by atoms with Gasteiger partial charge < -0.3 is 14.7 Å². The first-order valence-corrected chi connectivity index (χ1v) is 4.65. The van der Waals surface area contributed by atoms with Crippen molar-refractivity contribution in [2.75, 3.05) is 20.3 Å². The van der Waals surface area contributed by atoms with Crippen LogP contribution in [-0.4, -0.2) is 48.3 Å². The third-order valence-electron chi connectivity index (χ3n) is 2.41. The fraction of sp³-hybridized carbons (Fsp3) is 0.889. The molecule has 2 unspecified atom stereocenters. The van der Waals surface area contributed by atoms with Crippen LogP contribution in [0.4, 0.5) is 0 Å². The first-order chi connectivity index (χ1) is 6.19. The highest BCUT2D eigenvalue weighted by Gasteiger charge is 2.32. The van der Waals surface area contributed by atoms with Gasteiger partial charge in [-0.15, -0.1) is 0 Å². The molecule has 13 heavy (non-hydrogen) atoms. The van der Waals surface area contributed by atoms with E-state index < -0.39 is 6.10 Å². The lowest BCUT2D eigenvalue weighted by Gasteiger charge is -2.25. The van der Waals surface area contributed by atoms with Crippen LogP contribution in [0.5, 0.6) is 0 Å². The number of ether oxygens (including phenoxy) is 1. The van der Waals surface area contributed by atoms with Gasteiger partial charge in [-0.25, -0.2) is 0 Å². The molecule has 0 saturated carbocycles. The molecule has 0 spiro atoms. The Balaban J connectivity index is 2.53. The molecule has 1 aliphatic rings. The Morgan fingerprint density at radius 2 is 2.46 bits per heavy atom. The predicted octanol–water partition coefficient (Wildman–Crippen LogP) is 0.00460. The molecule has 4 heteroatoms. The van der Waals surface area contributed by atoms with Crippen molar-refractivity contribution < 1.29 is 14.6 Å². The van der Waals surface area contributed by atoms with Crippen LogP contribution in [0.1, 0.15) is 19.8 Å². The van der Waals surface area contributed by atoms with Gasteiger partial charge in [0.1, 0.15) is 0 Å². The number of hydrogen-bond donors (Lipinski definition) is 1. The summed E-state index contributed by atoms with van der Waals surface area (Å²) in [4.78, 5) is 13.1. The summed E-state index contributed by atoms with van der Waals surface area (Å²) in [5.74, 6) is 0.0383. The third kappa shape index (κ3) is 2.42. The Morgan fingerprint density at radius 1 is 1.77 bits per heavy atom. The molecule has 2 atom stereocenters. The molecule has 1 heterocycles. The summed E-state index contributed by atoms with van der Waals surface area (Å²) in [6.07, 6.45) is 0.644. The largest absolute Gasteiger partial charge is 0.391 e. The van der Waals surface area contributed by atoms with Crippen LogP contribution in [0.3, 0.4) is 0 Å². The highest BCUT2D eigenvalue weighted by atomic mass is 16.5. The number of methoxy groups -OCH3 is 1. The van der Waals surface area contributed by atoms with Gasteiger partial charge in [-0.05, 0) is 6.42 Å². The van der Waals surface area contributed by atoms with Crippen LogP contribution in [0.15, 0.2) is 0 Å². The molecule has 1 fully saturated rings. The van der Waals surface area contributed by atoms with Gasteiger partial charge in [0.05, 0.1) is 25.2 Å². The molecule has 1 amide bonds. The van der Waals surface area contributed by atoms with Crippen molar-refractivity contribution in [2.24, 2.45) is 0 Å². The summed E-state index contributed by atoms with van der Waals surface area (Å²) in [7, 11) is 1.62. The Kier molecular flexibility index (Phi) is 3.69. The maximum absolute atomic E-state index is 11.4. The molecule has 4 nitrogen and oxygen atoms in total. The van der Waals surface area contributed by atoms with Gasteiger partial charge in [-0.1, -0.05) is 6.92 Å². The minimum absolute atomic E-state index is 0.0383. The number of carbonyl (C=O) groups is 1. The topological polar surface area (TPSA) is 49.8 Å². The van der Waals surface area contributed by atoms with Gasteiger partial charge in [0.2, 0.25) is 5.91 Å². The zero-order valence-corrected chi connectivity index (χ0v) is 8.19. The van der Waals surface area contributed by atoms with Gasteiger partial charge >= 0.3 is 0 Å². The summed E-state index contributed by atoms with van der Waals surface area (Å²) >= 11 is 0. The van der Waals surface area contributed by atoms with Crippen molar-refractivity contribution in [3.05, 3.63) is 0 Å². The van der Waals surface area contributed by atoms with Gasteiger partial charge in [-0.3, -0.25) is 4.79 Å². The molecule has 0 radical (unpaired) electrons. The van der Waals surface area contributed by atoms with Crippen LogP contribution >= 0.6 is 0 Å². The Morgan fingerprint density at radius 3 is 2.85 bits per heavy atom. The van der Waals surface area contributed by atoms with Gasteiger partial charge in [0, 0.05) is 13.7 Å². The number of hydrogen-bond acceptors (Lipinski definition) is 3. The minimum Gasteiger partial charge on any atom is -0.391 e. The fourth-order valence-corrected chi connectivity index (χ4v) is 1.69. The minimum atomic E-state index is -0.488. The second-order valence-electron chi connectivity index (χ2n) is 3.42. The molecule has 1 saturated heterocycles. The van der Waals surface area contributed by atoms with Crippen LogP contribution in [-0.2, 0) is 9.53 Å². The Hall–Kier alpha value is -0.610. The van der Waals surface area contributed by atoms with Crippen LogP contribution in [0.25, 0.3) is 0 Å². The SMILES string of the molecule is CCC(COC)N1CC(O)CC1=O. The molecule has 1 aliphatic heterocycles. The van der Waals surface area contributed by atoms with Crippen molar-refractivity contribution in [2.45, 2.75) is 31.9 Å². The first-order valence-electron chi connectivity index (χ1n) is 4.65. The van der Waals surface area contributed by atoms with Crippen molar-refractivity contribution >= 4 is 5.91 Å². The summed E-state index contributed by atoms with van der Waals surface area (Å²) in [5, 5.41) is 9.28. The number of amides is 1. The summed E-state index contributed by atoms with van der Waals surface area (Å²) < 4.78 is 5.02. The van der Waals surface area contributed by atoms with E-state index in [1.54, 1.807) is 12.0 Å². The number of nitrogens with zero attached hydrogens (tertiary/aromatic N) is 1. The third-order valence-corrected chi connectivity index (χ3v) is 2.41. The lowest BCUT2D eigenvalue weighted by atomic mass is 10.2. The quantitative estimate of drug-likeness (QED) is 0.674. The molecule has 1 rings (SSSR count). The zero-order chi connectivity index (χ0) is 9.84. The number of carbonyl (C=O) groups excluding carboxylic acids is 1. The first kappa shape index (κ1) is 10.5. The van der Waals surface area contributed by atoms with E-state index in [0.29, 0.717) is 13.2 Å². The highest BCUT2D eigenvalue weighted by molar-refractivity contribution is 5.79. The highest BCUT2D eigenvalue weighted by Crippen LogP contribution is 2.16. The molecular formula is C9H17NO3. The molecule has 0 bridgehead atoms. The number of aliphatic hydroxyl groups excluding tert-OH is 1. The van der Waals surface area contributed by atoms with Crippen LogP contribution in [0.2, 0.25) is 0 Å². The van der Waals surface area contributed by atoms with E-state index in [9.17, 15) is 9.90 Å². The lowest BCUT2D eigenvalue weighted by Crippen LogP contribution is -2.39. The van der Waals surface area contributed by atoms with Crippen LogP contribution in [0, 0.1) is 0 Å². The molecule has 0 aromatic rings. The maximum Gasteiger partial charge on any atom is 0.225 e. The summed E-state index contributed by atoms with van der Waals surface area (Å²) in [5.41, 5.74) is 0. The fourth-order valence-electron chi connectivity index (χ4n) is 1.69.